The molecule has 0 radical (unpaired) electrons. The van der Waals surface area contributed by atoms with Crippen molar-refractivity contribution in [1.29, 1.82) is 0 Å². The number of halogens is 3. The van der Waals surface area contributed by atoms with Gasteiger partial charge in [0.2, 0.25) is 5.88 Å². The SMILES string of the molecule is Cn1ccc(OCc2c(I)cccc2SC(F)F)n1. The van der Waals surface area contributed by atoms with Crippen LogP contribution in [0.15, 0.2) is 35.4 Å². The van der Waals surface area contributed by atoms with E-state index in [1.807, 2.05) is 6.07 Å². The van der Waals surface area contributed by atoms with Crippen LogP contribution in [-0.4, -0.2) is 15.5 Å². The third-order valence-corrected chi connectivity index (χ3v) is 4.17. The molecule has 0 amide bonds. The molecular weight excluding hydrogens is 385 g/mol. The van der Waals surface area contributed by atoms with Gasteiger partial charge in [0, 0.05) is 33.3 Å². The minimum atomic E-state index is -2.44. The average Bonchev–Trinajstić information content (AvgIpc) is 2.73. The summed E-state index contributed by atoms with van der Waals surface area (Å²) in [5.41, 5.74) is 0.763. The van der Waals surface area contributed by atoms with Crippen LogP contribution >= 0.6 is 34.4 Å². The standard InChI is InChI=1S/C12H11F2IN2OS/c1-17-6-5-11(16-17)18-7-8-9(15)3-2-4-10(8)19-12(13)14/h2-6,12H,7H2,1H3. The van der Waals surface area contributed by atoms with Gasteiger partial charge in [-0.2, -0.15) is 8.78 Å². The van der Waals surface area contributed by atoms with Crippen molar-refractivity contribution in [2.75, 3.05) is 0 Å². The summed E-state index contributed by atoms with van der Waals surface area (Å²) in [7, 11) is 1.79. The Morgan fingerprint density at radius 2 is 2.21 bits per heavy atom. The molecule has 0 saturated carbocycles. The highest BCUT2D eigenvalue weighted by atomic mass is 127. The lowest BCUT2D eigenvalue weighted by Crippen LogP contribution is -2.02. The van der Waals surface area contributed by atoms with Crippen LogP contribution in [0.25, 0.3) is 0 Å². The van der Waals surface area contributed by atoms with E-state index in [4.69, 9.17) is 4.74 Å². The van der Waals surface area contributed by atoms with E-state index in [0.29, 0.717) is 22.5 Å². The molecule has 2 aromatic rings. The van der Waals surface area contributed by atoms with Crippen molar-refractivity contribution >= 4 is 34.4 Å². The lowest BCUT2D eigenvalue weighted by molar-refractivity contribution is 0.251. The van der Waals surface area contributed by atoms with Gasteiger partial charge in [0.1, 0.15) is 6.61 Å². The predicted octanol–water partition coefficient (Wildman–Crippen LogP) is 3.92. The minimum Gasteiger partial charge on any atom is -0.472 e. The highest BCUT2D eigenvalue weighted by Crippen LogP contribution is 2.31. The normalized spacial score (nSPS) is 11.0. The van der Waals surface area contributed by atoms with Gasteiger partial charge in [-0.1, -0.05) is 17.8 Å². The number of ether oxygens (including phenoxy) is 1. The van der Waals surface area contributed by atoms with E-state index >= 15 is 0 Å². The number of nitrogens with zero attached hydrogens (tertiary/aromatic N) is 2. The number of thioether (sulfide) groups is 1. The van der Waals surface area contributed by atoms with Gasteiger partial charge in [-0.05, 0) is 34.7 Å². The molecule has 0 atom stereocenters. The van der Waals surface area contributed by atoms with E-state index < -0.39 is 5.76 Å². The van der Waals surface area contributed by atoms with Gasteiger partial charge in [-0.25, -0.2) is 0 Å². The van der Waals surface area contributed by atoms with Crippen molar-refractivity contribution in [3.05, 3.63) is 39.6 Å². The van der Waals surface area contributed by atoms with Gasteiger partial charge in [0.25, 0.3) is 5.76 Å². The molecule has 0 unspecified atom stereocenters. The zero-order valence-corrected chi connectivity index (χ0v) is 13.0. The van der Waals surface area contributed by atoms with E-state index in [-0.39, 0.29) is 6.61 Å². The van der Waals surface area contributed by atoms with Crippen LogP contribution in [0.5, 0.6) is 5.88 Å². The minimum absolute atomic E-state index is 0.227. The maximum Gasteiger partial charge on any atom is 0.288 e. The Morgan fingerprint density at radius 1 is 1.42 bits per heavy atom. The van der Waals surface area contributed by atoms with E-state index in [2.05, 4.69) is 27.7 Å². The second kappa shape index (κ2) is 6.56. The van der Waals surface area contributed by atoms with Crippen LogP contribution < -0.4 is 4.74 Å². The van der Waals surface area contributed by atoms with E-state index in [0.717, 1.165) is 9.13 Å². The summed E-state index contributed by atoms with van der Waals surface area (Å²) >= 11 is 2.65. The van der Waals surface area contributed by atoms with Crippen LogP contribution in [0, 0.1) is 3.57 Å². The van der Waals surface area contributed by atoms with Crippen molar-refractivity contribution in [1.82, 2.24) is 9.78 Å². The largest absolute Gasteiger partial charge is 0.472 e. The summed E-state index contributed by atoms with van der Waals surface area (Å²) in [6, 6.07) is 7.04. The zero-order valence-electron chi connectivity index (χ0n) is 10.0. The molecule has 1 aromatic carbocycles. The number of hydrogen-bond donors (Lipinski definition) is 0. The Bertz CT molecular complexity index is 562. The van der Waals surface area contributed by atoms with Crippen molar-refractivity contribution in [2.24, 2.45) is 7.05 Å². The molecule has 0 aliphatic rings. The Balaban J connectivity index is 2.14. The van der Waals surface area contributed by atoms with E-state index in [1.165, 1.54) is 0 Å². The number of aryl methyl sites for hydroxylation is 1. The lowest BCUT2D eigenvalue weighted by Gasteiger charge is -2.11. The van der Waals surface area contributed by atoms with Crippen molar-refractivity contribution < 1.29 is 13.5 Å². The van der Waals surface area contributed by atoms with Gasteiger partial charge in [0.15, 0.2) is 0 Å². The highest BCUT2D eigenvalue weighted by Gasteiger charge is 2.13. The zero-order chi connectivity index (χ0) is 13.8. The number of aromatic nitrogens is 2. The Labute approximate surface area is 127 Å². The van der Waals surface area contributed by atoms with Gasteiger partial charge < -0.3 is 4.74 Å². The molecule has 1 aromatic heterocycles. The summed E-state index contributed by atoms with van der Waals surface area (Å²) in [6.07, 6.45) is 1.76. The molecular formula is C12H11F2IN2OS. The molecule has 1 heterocycles. The molecule has 102 valence electrons. The first kappa shape index (κ1) is 14.6. The monoisotopic (exact) mass is 396 g/mol. The second-order valence-corrected chi connectivity index (χ2v) is 5.91. The first-order valence-corrected chi connectivity index (χ1v) is 7.37. The van der Waals surface area contributed by atoms with Crippen molar-refractivity contribution in [2.45, 2.75) is 17.3 Å². The van der Waals surface area contributed by atoms with Gasteiger partial charge in [-0.3, -0.25) is 4.68 Å². The third-order valence-electron chi connectivity index (χ3n) is 2.35. The lowest BCUT2D eigenvalue weighted by atomic mass is 10.2. The molecule has 0 aliphatic heterocycles. The van der Waals surface area contributed by atoms with Gasteiger partial charge >= 0.3 is 0 Å². The number of alkyl halides is 2. The molecule has 7 heteroatoms. The maximum atomic E-state index is 12.5. The van der Waals surface area contributed by atoms with Crippen LogP contribution in [0.3, 0.4) is 0 Å². The maximum absolute atomic E-state index is 12.5. The van der Waals surface area contributed by atoms with Crippen molar-refractivity contribution in [3.8, 4) is 5.88 Å². The van der Waals surface area contributed by atoms with Crippen molar-refractivity contribution in [3.63, 3.8) is 0 Å². The first-order chi connectivity index (χ1) is 9.06. The molecule has 0 aliphatic carbocycles. The number of rotatable bonds is 5. The van der Waals surface area contributed by atoms with Crippen LogP contribution in [0.1, 0.15) is 5.56 Å². The third kappa shape index (κ3) is 4.07. The molecule has 0 spiro atoms. The molecule has 0 saturated heterocycles. The smallest absolute Gasteiger partial charge is 0.288 e. The molecule has 0 N–H and O–H groups in total. The summed E-state index contributed by atoms with van der Waals surface area (Å²) in [4.78, 5) is 0.540. The number of benzene rings is 1. The Kier molecular flexibility index (Phi) is 5.03. The quantitative estimate of drug-likeness (QED) is 0.567. The summed E-state index contributed by atoms with van der Waals surface area (Å²) in [5, 5.41) is 4.08. The average molecular weight is 396 g/mol. The molecule has 2 rings (SSSR count). The fraction of sp³-hybridized carbons (Fsp3) is 0.250. The van der Waals surface area contributed by atoms with Gasteiger partial charge in [-0.15, -0.1) is 5.10 Å². The fourth-order valence-corrected chi connectivity index (χ4v) is 3.00. The van der Waals surface area contributed by atoms with Gasteiger partial charge in [0.05, 0.1) is 0 Å². The topological polar surface area (TPSA) is 27.1 Å². The molecule has 19 heavy (non-hydrogen) atoms. The molecule has 0 fully saturated rings. The number of hydrogen-bond acceptors (Lipinski definition) is 3. The fourth-order valence-electron chi connectivity index (χ4n) is 1.50. The molecule has 3 nitrogen and oxygen atoms in total. The summed E-state index contributed by atoms with van der Waals surface area (Å²) in [5.74, 6) is -1.96. The van der Waals surface area contributed by atoms with Crippen LogP contribution in [-0.2, 0) is 13.7 Å². The predicted molar refractivity (Wildman–Crippen MR) is 78.6 cm³/mol. The second-order valence-electron chi connectivity index (χ2n) is 3.71. The van der Waals surface area contributed by atoms with E-state index in [9.17, 15) is 8.78 Å². The Morgan fingerprint density at radius 3 is 2.84 bits per heavy atom. The summed E-state index contributed by atoms with van der Waals surface area (Å²) in [6.45, 7) is 0.227. The molecule has 0 bridgehead atoms. The van der Waals surface area contributed by atoms with Crippen LogP contribution in [0.2, 0.25) is 0 Å². The first-order valence-electron chi connectivity index (χ1n) is 5.41. The Hall–Kier alpha value is -0.830. The summed E-state index contributed by atoms with van der Waals surface area (Å²) < 4.78 is 33.1. The highest BCUT2D eigenvalue weighted by molar-refractivity contribution is 14.1. The van der Waals surface area contributed by atoms with Crippen LogP contribution in [0.4, 0.5) is 8.78 Å². The van der Waals surface area contributed by atoms with E-state index in [1.54, 1.807) is 36.1 Å².